The van der Waals surface area contributed by atoms with Crippen molar-refractivity contribution in [2.75, 3.05) is 33.1 Å². The van der Waals surface area contributed by atoms with Gasteiger partial charge in [0.2, 0.25) is 10.0 Å². The Balaban J connectivity index is 3.48. The molecule has 17 heavy (non-hydrogen) atoms. The van der Waals surface area contributed by atoms with Crippen LogP contribution in [-0.4, -0.2) is 47.5 Å². The molecule has 0 aliphatic carbocycles. The number of methoxy groups -OCH3 is 2. The van der Waals surface area contributed by atoms with E-state index in [0.29, 0.717) is 25.8 Å². The van der Waals surface area contributed by atoms with E-state index in [0.717, 1.165) is 6.42 Å². The van der Waals surface area contributed by atoms with Crippen LogP contribution in [0.25, 0.3) is 0 Å². The minimum absolute atomic E-state index is 0.0222. The number of sulfonamides is 1. The van der Waals surface area contributed by atoms with Crippen LogP contribution >= 0.6 is 0 Å². The number of ether oxygens (including phenoxy) is 2. The van der Waals surface area contributed by atoms with E-state index < -0.39 is 10.0 Å². The van der Waals surface area contributed by atoms with Crippen LogP contribution in [0.5, 0.6) is 0 Å². The van der Waals surface area contributed by atoms with Gasteiger partial charge in [0.15, 0.2) is 0 Å². The lowest BCUT2D eigenvalue weighted by atomic mass is 10.2. The van der Waals surface area contributed by atoms with E-state index in [1.165, 1.54) is 14.2 Å². The summed E-state index contributed by atoms with van der Waals surface area (Å²) in [4.78, 5) is 10.8. The Morgan fingerprint density at radius 1 is 1.18 bits per heavy atom. The van der Waals surface area contributed by atoms with Crippen LogP contribution in [0.1, 0.15) is 25.7 Å². The molecular weight excluding hydrogens is 246 g/mol. The van der Waals surface area contributed by atoms with Gasteiger partial charge in [-0.15, -0.1) is 0 Å². The van der Waals surface area contributed by atoms with Gasteiger partial charge in [-0.2, -0.15) is 0 Å². The van der Waals surface area contributed by atoms with Crippen molar-refractivity contribution < 1.29 is 22.7 Å². The quantitative estimate of drug-likeness (QED) is 0.454. The van der Waals surface area contributed by atoms with Gasteiger partial charge in [0.1, 0.15) is 0 Å². The Morgan fingerprint density at radius 2 is 1.88 bits per heavy atom. The molecule has 0 bridgehead atoms. The SMILES string of the molecule is COCCS(=O)(=O)NCCCCCC(=O)OC. The topological polar surface area (TPSA) is 81.7 Å². The summed E-state index contributed by atoms with van der Waals surface area (Å²) >= 11 is 0. The second-order valence-corrected chi connectivity index (χ2v) is 5.52. The molecule has 0 aliphatic rings. The van der Waals surface area contributed by atoms with Crippen LogP contribution in [0, 0.1) is 0 Å². The summed E-state index contributed by atoms with van der Waals surface area (Å²) in [6, 6.07) is 0. The van der Waals surface area contributed by atoms with Gasteiger partial charge in [-0.05, 0) is 12.8 Å². The Bertz CT molecular complexity index is 302. The molecule has 0 saturated heterocycles. The standard InChI is InChI=1S/C10H21NO5S/c1-15-8-9-17(13,14)11-7-5-3-4-6-10(12)16-2/h11H,3-9H2,1-2H3. The van der Waals surface area contributed by atoms with Crippen LogP contribution in [0.3, 0.4) is 0 Å². The number of nitrogens with one attached hydrogen (secondary N) is 1. The zero-order valence-electron chi connectivity index (χ0n) is 10.4. The van der Waals surface area contributed by atoms with Crippen molar-refractivity contribution in [1.29, 1.82) is 0 Å². The van der Waals surface area contributed by atoms with Crippen LogP contribution in [0.4, 0.5) is 0 Å². The number of carbonyl (C=O) groups excluding carboxylic acids is 1. The first-order valence-electron chi connectivity index (χ1n) is 5.55. The maximum absolute atomic E-state index is 11.3. The van der Waals surface area contributed by atoms with Gasteiger partial charge >= 0.3 is 5.97 Å². The predicted molar refractivity (Wildman–Crippen MR) is 64.1 cm³/mol. The molecule has 6 nitrogen and oxygen atoms in total. The lowest BCUT2D eigenvalue weighted by Crippen LogP contribution is -2.29. The van der Waals surface area contributed by atoms with Gasteiger partial charge in [-0.1, -0.05) is 6.42 Å². The number of unbranched alkanes of at least 4 members (excludes halogenated alkanes) is 2. The Labute approximate surface area is 103 Å². The highest BCUT2D eigenvalue weighted by Crippen LogP contribution is 2.00. The third kappa shape index (κ3) is 10.2. The van der Waals surface area contributed by atoms with Gasteiger partial charge in [0, 0.05) is 20.1 Å². The molecule has 0 aromatic carbocycles. The Hall–Kier alpha value is -0.660. The lowest BCUT2D eigenvalue weighted by molar-refractivity contribution is -0.140. The summed E-state index contributed by atoms with van der Waals surface area (Å²) in [6.07, 6.45) is 2.60. The number of rotatable bonds is 10. The van der Waals surface area contributed by atoms with Crippen molar-refractivity contribution in [3.05, 3.63) is 0 Å². The second kappa shape index (κ2) is 9.38. The van der Waals surface area contributed by atoms with Gasteiger partial charge in [0.25, 0.3) is 0 Å². The van der Waals surface area contributed by atoms with E-state index in [-0.39, 0.29) is 18.3 Å². The van der Waals surface area contributed by atoms with E-state index in [4.69, 9.17) is 4.74 Å². The molecule has 0 atom stereocenters. The van der Waals surface area contributed by atoms with Gasteiger partial charge in [-0.3, -0.25) is 4.79 Å². The van der Waals surface area contributed by atoms with Crippen LogP contribution < -0.4 is 4.72 Å². The number of esters is 1. The smallest absolute Gasteiger partial charge is 0.305 e. The fourth-order valence-corrected chi connectivity index (χ4v) is 2.15. The number of carbonyl (C=O) groups is 1. The monoisotopic (exact) mass is 267 g/mol. The van der Waals surface area contributed by atoms with E-state index in [9.17, 15) is 13.2 Å². The summed E-state index contributed by atoms with van der Waals surface area (Å²) in [5, 5.41) is 0. The summed E-state index contributed by atoms with van der Waals surface area (Å²) < 4.78 is 34.3. The highest BCUT2D eigenvalue weighted by Gasteiger charge is 2.08. The molecule has 0 fully saturated rings. The molecule has 0 saturated carbocycles. The van der Waals surface area contributed by atoms with Crippen molar-refractivity contribution in [2.24, 2.45) is 0 Å². The van der Waals surface area contributed by atoms with E-state index in [1.54, 1.807) is 0 Å². The molecule has 0 aromatic rings. The highest BCUT2D eigenvalue weighted by molar-refractivity contribution is 7.89. The molecule has 0 aromatic heterocycles. The van der Waals surface area contributed by atoms with Crippen molar-refractivity contribution in [3.63, 3.8) is 0 Å². The first-order valence-corrected chi connectivity index (χ1v) is 7.20. The van der Waals surface area contributed by atoms with Crippen molar-refractivity contribution in [2.45, 2.75) is 25.7 Å². The minimum atomic E-state index is -3.22. The van der Waals surface area contributed by atoms with Gasteiger partial charge < -0.3 is 9.47 Å². The minimum Gasteiger partial charge on any atom is -0.469 e. The molecule has 0 aliphatic heterocycles. The maximum atomic E-state index is 11.3. The zero-order valence-corrected chi connectivity index (χ0v) is 11.2. The summed E-state index contributed by atoms with van der Waals surface area (Å²) in [5.74, 6) is -0.253. The lowest BCUT2D eigenvalue weighted by Gasteiger charge is -2.05. The van der Waals surface area contributed by atoms with Gasteiger partial charge in [0.05, 0.1) is 19.5 Å². The third-order valence-corrected chi connectivity index (χ3v) is 3.51. The molecule has 0 radical (unpaired) electrons. The molecule has 102 valence electrons. The highest BCUT2D eigenvalue weighted by atomic mass is 32.2. The molecule has 1 N–H and O–H groups in total. The molecule has 7 heteroatoms. The van der Waals surface area contributed by atoms with Crippen molar-refractivity contribution in [3.8, 4) is 0 Å². The van der Waals surface area contributed by atoms with Crippen molar-refractivity contribution in [1.82, 2.24) is 4.72 Å². The van der Waals surface area contributed by atoms with Crippen LogP contribution in [0.2, 0.25) is 0 Å². The second-order valence-electron chi connectivity index (χ2n) is 3.59. The average molecular weight is 267 g/mol. The first-order chi connectivity index (χ1) is 8.02. The van der Waals surface area contributed by atoms with E-state index in [2.05, 4.69) is 9.46 Å². The number of hydrogen-bond donors (Lipinski definition) is 1. The molecule has 0 rings (SSSR count). The summed E-state index contributed by atoms with van der Waals surface area (Å²) in [6.45, 7) is 0.588. The normalized spacial score (nSPS) is 11.4. The Kier molecular flexibility index (Phi) is 9.01. The molecular formula is C10H21NO5S. The Morgan fingerprint density at radius 3 is 2.47 bits per heavy atom. The molecule has 0 spiro atoms. The summed E-state index contributed by atoms with van der Waals surface area (Å²) in [7, 11) is -0.404. The van der Waals surface area contributed by atoms with E-state index in [1.807, 2.05) is 0 Å². The van der Waals surface area contributed by atoms with E-state index >= 15 is 0 Å². The largest absolute Gasteiger partial charge is 0.469 e. The van der Waals surface area contributed by atoms with Crippen LogP contribution in [-0.2, 0) is 24.3 Å². The number of hydrogen-bond acceptors (Lipinski definition) is 5. The molecule has 0 unspecified atom stereocenters. The summed E-state index contributed by atoms with van der Waals surface area (Å²) in [5.41, 5.74) is 0. The molecule has 0 heterocycles. The van der Waals surface area contributed by atoms with Crippen LogP contribution in [0.15, 0.2) is 0 Å². The zero-order chi connectivity index (χ0) is 13.1. The first kappa shape index (κ1) is 16.3. The van der Waals surface area contributed by atoms with Gasteiger partial charge in [-0.25, -0.2) is 13.1 Å². The predicted octanol–water partition coefficient (Wildman–Crippen LogP) is 0.286. The fraction of sp³-hybridized carbons (Fsp3) is 0.900. The maximum Gasteiger partial charge on any atom is 0.305 e. The van der Waals surface area contributed by atoms with Crippen molar-refractivity contribution >= 4 is 16.0 Å². The average Bonchev–Trinajstić information content (AvgIpc) is 2.30. The third-order valence-electron chi connectivity index (χ3n) is 2.16. The molecule has 0 amide bonds. The fourth-order valence-electron chi connectivity index (χ4n) is 1.17.